The zero-order valence-corrected chi connectivity index (χ0v) is 18.2. The standard InChI is InChI=1S/C19H17BrCl2N2OS/c1-11(26)23-10-13-4-3-12(5-17(13)20)18-9-19(2,25-24-18)14-6-15(21)8-16(22)7-14/h3-8H,9-10H2,1-2H3,(H,23,26). The first-order chi connectivity index (χ1) is 12.3. The number of benzene rings is 2. The van der Waals surface area contributed by atoms with Gasteiger partial charge in [-0.05, 0) is 43.7 Å². The lowest BCUT2D eigenvalue weighted by Gasteiger charge is -2.22. The summed E-state index contributed by atoms with van der Waals surface area (Å²) >= 11 is 21.0. The largest absolute Gasteiger partial charge is 0.384 e. The lowest BCUT2D eigenvalue weighted by molar-refractivity contribution is -0.00737. The van der Waals surface area contributed by atoms with Crippen molar-refractivity contribution in [3.8, 4) is 0 Å². The van der Waals surface area contributed by atoms with Gasteiger partial charge in [0, 0.05) is 38.6 Å². The van der Waals surface area contributed by atoms with Crippen molar-refractivity contribution in [3.63, 3.8) is 0 Å². The molecule has 0 aromatic heterocycles. The molecule has 2 aromatic rings. The van der Waals surface area contributed by atoms with Crippen molar-refractivity contribution in [2.24, 2.45) is 5.16 Å². The van der Waals surface area contributed by atoms with E-state index in [4.69, 9.17) is 40.3 Å². The highest BCUT2D eigenvalue weighted by molar-refractivity contribution is 9.10. The Labute approximate surface area is 176 Å². The molecule has 0 fully saturated rings. The summed E-state index contributed by atoms with van der Waals surface area (Å²) in [4.78, 5) is 6.55. The fourth-order valence-electron chi connectivity index (χ4n) is 2.80. The summed E-state index contributed by atoms with van der Waals surface area (Å²) < 4.78 is 1.00. The summed E-state index contributed by atoms with van der Waals surface area (Å²) in [7, 11) is 0. The molecule has 3 rings (SSSR count). The third-order valence-electron chi connectivity index (χ3n) is 4.25. The van der Waals surface area contributed by atoms with Crippen molar-refractivity contribution in [2.45, 2.75) is 32.4 Å². The Morgan fingerprint density at radius 3 is 2.58 bits per heavy atom. The minimum Gasteiger partial charge on any atom is -0.384 e. The van der Waals surface area contributed by atoms with Crippen LogP contribution in [0.2, 0.25) is 10.0 Å². The SMILES string of the molecule is CC(=S)NCc1ccc(C2=NOC(C)(c3cc(Cl)cc(Cl)c3)C2)cc1Br. The third-order valence-corrected chi connectivity index (χ3v) is 5.57. The number of nitrogens with one attached hydrogen (secondary N) is 1. The molecule has 1 unspecified atom stereocenters. The van der Waals surface area contributed by atoms with Crippen LogP contribution in [0.1, 0.15) is 37.0 Å². The highest BCUT2D eigenvalue weighted by atomic mass is 79.9. The second-order valence-electron chi connectivity index (χ2n) is 6.41. The number of oxime groups is 1. The number of rotatable bonds is 4. The molecule has 1 heterocycles. The molecule has 0 saturated heterocycles. The van der Waals surface area contributed by atoms with Gasteiger partial charge in [-0.1, -0.05) is 68.6 Å². The second kappa shape index (κ2) is 7.85. The maximum Gasteiger partial charge on any atom is 0.165 e. The van der Waals surface area contributed by atoms with Crippen LogP contribution in [0, 0.1) is 0 Å². The monoisotopic (exact) mass is 470 g/mol. The van der Waals surface area contributed by atoms with Crippen molar-refractivity contribution in [1.29, 1.82) is 0 Å². The molecule has 136 valence electrons. The topological polar surface area (TPSA) is 33.6 Å². The smallest absolute Gasteiger partial charge is 0.165 e. The van der Waals surface area contributed by atoms with Gasteiger partial charge in [0.05, 0.1) is 10.7 Å². The quantitative estimate of drug-likeness (QED) is 0.536. The van der Waals surface area contributed by atoms with Gasteiger partial charge >= 0.3 is 0 Å². The van der Waals surface area contributed by atoms with Crippen LogP contribution in [0.15, 0.2) is 46.0 Å². The molecular weight excluding hydrogens is 455 g/mol. The fourth-order valence-corrected chi connectivity index (χ4v) is 3.92. The first-order valence-corrected chi connectivity index (χ1v) is 9.97. The van der Waals surface area contributed by atoms with Gasteiger partial charge in [-0.25, -0.2) is 0 Å². The van der Waals surface area contributed by atoms with Crippen LogP contribution < -0.4 is 5.32 Å². The summed E-state index contributed by atoms with van der Waals surface area (Å²) in [5.74, 6) is 0. The van der Waals surface area contributed by atoms with E-state index in [0.717, 1.165) is 31.9 Å². The van der Waals surface area contributed by atoms with E-state index in [-0.39, 0.29) is 0 Å². The summed E-state index contributed by atoms with van der Waals surface area (Å²) in [5, 5.41) is 8.64. The van der Waals surface area contributed by atoms with Crippen LogP contribution in [0.3, 0.4) is 0 Å². The highest BCUT2D eigenvalue weighted by Gasteiger charge is 2.37. The van der Waals surface area contributed by atoms with Gasteiger partial charge in [0.15, 0.2) is 5.60 Å². The van der Waals surface area contributed by atoms with Gasteiger partial charge in [-0.2, -0.15) is 0 Å². The molecule has 3 nitrogen and oxygen atoms in total. The Bertz CT molecular complexity index is 883. The fraction of sp³-hybridized carbons (Fsp3) is 0.263. The number of hydrogen-bond acceptors (Lipinski definition) is 3. The molecule has 2 aromatic carbocycles. The molecule has 1 aliphatic heterocycles. The average Bonchev–Trinajstić information content (AvgIpc) is 2.96. The van der Waals surface area contributed by atoms with E-state index in [9.17, 15) is 0 Å². The predicted molar refractivity (Wildman–Crippen MR) is 115 cm³/mol. The molecule has 7 heteroatoms. The molecule has 1 atom stereocenters. The van der Waals surface area contributed by atoms with Gasteiger partial charge in [-0.15, -0.1) is 0 Å². The summed E-state index contributed by atoms with van der Waals surface area (Å²) in [6, 6.07) is 11.6. The van der Waals surface area contributed by atoms with Crippen LogP contribution in [0.5, 0.6) is 0 Å². The van der Waals surface area contributed by atoms with Gasteiger partial charge in [0.2, 0.25) is 0 Å². The van der Waals surface area contributed by atoms with Crippen molar-refractivity contribution >= 4 is 62.0 Å². The van der Waals surface area contributed by atoms with Crippen LogP contribution in [-0.2, 0) is 17.0 Å². The second-order valence-corrected chi connectivity index (χ2v) is 8.75. The molecule has 0 spiro atoms. The minimum absolute atomic E-state index is 0.583. The number of halogens is 3. The molecule has 0 aliphatic carbocycles. The average molecular weight is 472 g/mol. The molecule has 0 radical (unpaired) electrons. The molecule has 0 amide bonds. The van der Waals surface area contributed by atoms with E-state index in [1.165, 1.54) is 0 Å². The molecule has 0 bridgehead atoms. The Hall–Kier alpha value is -1.14. The van der Waals surface area contributed by atoms with Crippen LogP contribution in [0.25, 0.3) is 0 Å². The summed E-state index contributed by atoms with van der Waals surface area (Å²) in [6.07, 6.45) is 0.632. The van der Waals surface area contributed by atoms with Crippen molar-refractivity contribution < 1.29 is 4.84 Å². The van der Waals surface area contributed by atoms with E-state index in [0.29, 0.717) is 23.0 Å². The maximum absolute atomic E-state index is 6.14. The highest BCUT2D eigenvalue weighted by Crippen LogP contribution is 2.38. The molecule has 0 saturated carbocycles. The molecule has 1 N–H and O–H groups in total. The predicted octanol–water partition coefficient (Wildman–Crippen LogP) is 6.23. The van der Waals surface area contributed by atoms with Crippen LogP contribution in [-0.4, -0.2) is 10.7 Å². The Morgan fingerprint density at radius 1 is 1.27 bits per heavy atom. The van der Waals surface area contributed by atoms with Gasteiger partial charge < -0.3 is 10.2 Å². The molecule has 1 aliphatic rings. The number of nitrogens with zero attached hydrogens (tertiary/aromatic N) is 1. The van der Waals surface area contributed by atoms with Crippen LogP contribution >= 0.6 is 51.3 Å². The molecule has 26 heavy (non-hydrogen) atoms. The van der Waals surface area contributed by atoms with E-state index >= 15 is 0 Å². The lowest BCUT2D eigenvalue weighted by atomic mass is 9.89. The Kier molecular flexibility index (Phi) is 5.92. The maximum atomic E-state index is 6.14. The van der Waals surface area contributed by atoms with E-state index in [1.54, 1.807) is 6.07 Å². The first-order valence-electron chi connectivity index (χ1n) is 8.02. The van der Waals surface area contributed by atoms with Crippen LogP contribution in [0.4, 0.5) is 0 Å². The summed E-state index contributed by atoms with van der Waals surface area (Å²) in [5.41, 5.74) is 3.34. The van der Waals surface area contributed by atoms with Gasteiger partial charge in [0.1, 0.15) is 0 Å². The Balaban J connectivity index is 1.79. The first kappa shape index (κ1) is 19.6. The summed E-state index contributed by atoms with van der Waals surface area (Å²) in [6.45, 7) is 4.53. The van der Waals surface area contributed by atoms with E-state index < -0.39 is 5.60 Å². The lowest BCUT2D eigenvalue weighted by Crippen LogP contribution is -2.22. The van der Waals surface area contributed by atoms with Gasteiger partial charge in [-0.3, -0.25) is 0 Å². The van der Waals surface area contributed by atoms with Gasteiger partial charge in [0.25, 0.3) is 0 Å². The molecular formula is C19H17BrCl2N2OS. The van der Waals surface area contributed by atoms with E-state index in [1.807, 2.05) is 32.0 Å². The van der Waals surface area contributed by atoms with Crippen molar-refractivity contribution in [3.05, 3.63) is 67.6 Å². The number of thiocarbonyl (C=S) groups is 1. The Morgan fingerprint density at radius 2 is 1.96 bits per heavy atom. The van der Waals surface area contributed by atoms with Crippen molar-refractivity contribution in [1.82, 2.24) is 5.32 Å². The van der Waals surface area contributed by atoms with Crippen molar-refractivity contribution in [2.75, 3.05) is 0 Å². The zero-order chi connectivity index (χ0) is 18.9. The zero-order valence-electron chi connectivity index (χ0n) is 14.3. The minimum atomic E-state index is -0.592. The normalized spacial score (nSPS) is 19.0. The van der Waals surface area contributed by atoms with E-state index in [2.05, 4.69) is 38.5 Å². The third kappa shape index (κ3) is 4.39. The number of hydrogen-bond donors (Lipinski definition) is 1.